The smallest absolute Gasteiger partial charge is 0.0303 e. The van der Waals surface area contributed by atoms with Gasteiger partial charge in [0.1, 0.15) is 0 Å². The minimum atomic E-state index is 0.587. The molecule has 2 nitrogen and oxygen atoms in total. The summed E-state index contributed by atoms with van der Waals surface area (Å²) >= 11 is 0. The summed E-state index contributed by atoms with van der Waals surface area (Å²) in [5.41, 5.74) is 1.35. The first-order valence-electron chi connectivity index (χ1n) is 5.90. The third-order valence-electron chi connectivity index (χ3n) is 3.06. The van der Waals surface area contributed by atoms with Crippen LogP contribution in [0.25, 0.3) is 0 Å². The van der Waals surface area contributed by atoms with Crippen molar-refractivity contribution in [1.29, 1.82) is 0 Å². The molecule has 84 valence electrons. The SMILES string of the molecule is CCNCC(c1cccnc1)C(C)CC. The number of pyridine rings is 1. The molecular weight excluding hydrogens is 184 g/mol. The lowest BCUT2D eigenvalue weighted by molar-refractivity contribution is 0.423. The zero-order chi connectivity index (χ0) is 11.1. The van der Waals surface area contributed by atoms with Gasteiger partial charge in [-0.05, 0) is 24.1 Å². The van der Waals surface area contributed by atoms with Gasteiger partial charge in [0.2, 0.25) is 0 Å². The molecule has 0 bridgehead atoms. The molecule has 1 N–H and O–H groups in total. The van der Waals surface area contributed by atoms with Crippen molar-refractivity contribution in [2.24, 2.45) is 5.92 Å². The minimum absolute atomic E-state index is 0.587. The molecule has 1 aromatic heterocycles. The first-order valence-corrected chi connectivity index (χ1v) is 5.90. The van der Waals surface area contributed by atoms with Crippen molar-refractivity contribution in [3.63, 3.8) is 0 Å². The molecule has 2 heteroatoms. The van der Waals surface area contributed by atoms with Gasteiger partial charge in [-0.2, -0.15) is 0 Å². The Hall–Kier alpha value is -0.890. The van der Waals surface area contributed by atoms with Gasteiger partial charge in [0.05, 0.1) is 0 Å². The van der Waals surface area contributed by atoms with Crippen molar-refractivity contribution < 1.29 is 0 Å². The molecule has 1 aromatic rings. The molecular formula is C13H22N2. The van der Waals surface area contributed by atoms with Crippen molar-refractivity contribution in [1.82, 2.24) is 10.3 Å². The maximum atomic E-state index is 4.20. The van der Waals surface area contributed by atoms with Crippen LogP contribution in [0.2, 0.25) is 0 Å². The number of likely N-dealkylation sites (N-methyl/N-ethyl adjacent to an activating group) is 1. The third kappa shape index (κ3) is 3.63. The maximum Gasteiger partial charge on any atom is 0.0303 e. The first-order chi connectivity index (χ1) is 7.29. The summed E-state index contributed by atoms with van der Waals surface area (Å²) in [4.78, 5) is 4.20. The molecule has 2 unspecified atom stereocenters. The van der Waals surface area contributed by atoms with E-state index in [1.54, 1.807) is 0 Å². The van der Waals surface area contributed by atoms with Crippen molar-refractivity contribution in [2.45, 2.75) is 33.1 Å². The number of hydrogen-bond donors (Lipinski definition) is 1. The van der Waals surface area contributed by atoms with Gasteiger partial charge in [0, 0.05) is 24.9 Å². The summed E-state index contributed by atoms with van der Waals surface area (Å²) < 4.78 is 0. The van der Waals surface area contributed by atoms with Crippen LogP contribution in [0, 0.1) is 5.92 Å². The van der Waals surface area contributed by atoms with E-state index in [1.165, 1.54) is 12.0 Å². The maximum absolute atomic E-state index is 4.20. The summed E-state index contributed by atoms with van der Waals surface area (Å²) in [7, 11) is 0. The molecule has 0 radical (unpaired) electrons. The Labute approximate surface area is 93.1 Å². The predicted octanol–water partition coefficient (Wildman–Crippen LogP) is 2.82. The lowest BCUT2D eigenvalue weighted by atomic mass is 9.86. The highest BCUT2D eigenvalue weighted by atomic mass is 14.8. The summed E-state index contributed by atoms with van der Waals surface area (Å²) in [6.45, 7) is 8.80. The third-order valence-corrected chi connectivity index (χ3v) is 3.06. The van der Waals surface area contributed by atoms with E-state index >= 15 is 0 Å². The van der Waals surface area contributed by atoms with Crippen molar-refractivity contribution in [3.8, 4) is 0 Å². The molecule has 15 heavy (non-hydrogen) atoms. The van der Waals surface area contributed by atoms with Crippen molar-refractivity contribution >= 4 is 0 Å². The lowest BCUT2D eigenvalue weighted by Gasteiger charge is -2.23. The van der Waals surface area contributed by atoms with E-state index in [9.17, 15) is 0 Å². The van der Waals surface area contributed by atoms with E-state index in [0.29, 0.717) is 11.8 Å². The van der Waals surface area contributed by atoms with Crippen LogP contribution in [0.3, 0.4) is 0 Å². The summed E-state index contributed by atoms with van der Waals surface area (Å²) in [6.07, 6.45) is 5.05. The van der Waals surface area contributed by atoms with Gasteiger partial charge in [-0.1, -0.05) is 33.3 Å². The topological polar surface area (TPSA) is 24.9 Å². The fourth-order valence-electron chi connectivity index (χ4n) is 1.83. The van der Waals surface area contributed by atoms with E-state index in [2.05, 4.69) is 37.1 Å². The highest BCUT2D eigenvalue weighted by molar-refractivity contribution is 5.16. The fraction of sp³-hybridized carbons (Fsp3) is 0.615. The second-order valence-electron chi connectivity index (χ2n) is 4.09. The van der Waals surface area contributed by atoms with Crippen LogP contribution in [0.1, 0.15) is 38.7 Å². The Morgan fingerprint density at radius 2 is 2.20 bits per heavy atom. The summed E-state index contributed by atoms with van der Waals surface area (Å²) in [5.74, 6) is 1.29. The molecule has 0 spiro atoms. The van der Waals surface area contributed by atoms with Gasteiger partial charge in [0.15, 0.2) is 0 Å². The Kier molecular flexibility index (Phi) is 5.33. The zero-order valence-corrected chi connectivity index (χ0v) is 10.0. The van der Waals surface area contributed by atoms with Gasteiger partial charge < -0.3 is 5.32 Å². The van der Waals surface area contributed by atoms with Crippen LogP contribution in [-0.4, -0.2) is 18.1 Å². The molecule has 0 aromatic carbocycles. The Morgan fingerprint density at radius 1 is 1.40 bits per heavy atom. The number of rotatable bonds is 6. The molecule has 2 atom stereocenters. The Bertz CT molecular complexity index is 258. The van der Waals surface area contributed by atoms with Crippen LogP contribution >= 0.6 is 0 Å². The second kappa shape index (κ2) is 6.57. The summed E-state index contributed by atoms with van der Waals surface area (Å²) in [5, 5.41) is 3.43. The molecule has 0 saturated heterocycles. The quantitative estimate of drug-likeness (QED) is 0.774. The standard InChI is InChI=1S/C13H22N2/c1-4-11(3)13(10-14-5-2)12-7-6-8-15-9-12/h6-9,11,13-14H,4-5,10H2,1-3H3. The number of aromatic nitrogens is 1. The zero-order valence-electron chi connectivity index (χ0n) is 10.0. The van der Waals surface area contributed by atoms with E-state index in [1.807, 2.05) is 18.5 Å². The largest absolute Gasteiger partial charge is 0.316 e. The van der Waals surface area contributed by atoms with Gasteiger partial charge in [0.25, 0.3) is 0 Å². The molecule has 0 aliphatic rings. The first kappa shape index (κ1) is 12.2. The van der Waals surface area contributed by atoms with Gasteiger partial charge in [-0.25, -0.2) is 0 Å². The van der Waals surface area contributed by atoms with E-state index in [-0.39, 0.29) is 0 Å². The monoisotopic (exact) mass is 206 g/mol. The van der Waals surface area contributed by atoms with Crippen LogP contribution in [0.4, 0.5) is 0 Å². The van der Waals surface area contributed by atoms with Crippen molar-refractivity contribution in [3.05, 3.63) is 30.1 Å². The summed E-state index contributed by atoms with van der Waals surface area (Å²) in [6, 6.07) is 4.21. The second-order valence-corrected chi connectivity index (χ2v) is 4.09. The minimum Gasteiger partial charge on any atom is -0.316 e. The molecule has 1 heterocycles. The normalized spacial score (nSPS) is 14.9. The molecule has 0 saturated carbocycles. The predicted molar refractivity (Wildman–Crippen MR) is 65.0 cm³/mol. The van der Waals surface area contributed by atoms with Crippen LogP contribution in [0.5, 0.6) is 0 Å². The fourth-order valence-corrected chi connectivity index (χ4v) is 1.83. The molecule has 0 fully saturated rings. The number of hydrogen-bond acceptors (Lipinski definition) is 2. The van der Waals surface area contributed by atoms with E-state index < -0.39 is 0 Å². The molecule has 0 amide bonds. The highest BCUT2D eigenvalue weighted by Gasteiger charge is 2.17. The Morgan fingerprint density at radius 3 is 2.73 bits per heavy atom. The average Bonchev–Trinajstić information content (AvgIpc) is 2.30. The van der Waals surface area contributed by atoms with Gasteiger partial charge >= 0.3 is 0 Å². The highest BCUT2D eigenvalue weighted by Crippen LogP contribution is 2.25. The number of nitrogens with one attached hydrogen (secondary N) is 1. The lowest BCUT2D eigenvalue weighted by Crippen LogP contribution is -2.25. The molecule has 1 rings (SSSR count). The van der Waals surface area contributed by atoms with Gasteiger partial charge in [-0.3, -0.25) is 4.98 Å². The number of nitrogens with zero attached hydrogens (tertiary/aromatic N) is 1. The Balaban J connectivity index is 2.72. The molecule has 0 aliphatic carbocycles. The molecule has 0 aliphatic heterocycles. The van der Waals surface area contributed by atoms with E-state index in [4.69, 9.17) is 0 Å². The van der Waals surface area contributed by atoms with Crippen molar-refractivity contribution in [2.75, 3.05) is 13.1 Å². The van der Waals surface area contributed by atoms with Crippen LogP contribution in [-0.2, 0) is 0 Å². The van der Waals surface area contributed by atoms with Crippen LogP contribution < -0.4 is 5.32 Å². The van der Waals surface area contributed by atoms with E-state index in [0.717, 1.165) is 13.1 Å². The van der Waals surface area contributed by atoms with Crippen LogP contribution in [0.15, 0.2) is 24.5 Å². The van der Waals surface area contributed by atoms with Gasteiger partial charge in [-0.15, -0.1) is 0 Å². The average molecular weight is 206 g/mol.